The first-order valence-corrected chi connectivity index (χ1v) is 10.2. The summed E-state index contributed by atoms with van der Waals surface area (Å²) >= 11 is 0. The monoisotopic (exact) mass is 415 g/mol. The van der Waals surface area contributed by atoms with Gasteiger partial charge in [-0.05, 0) is 50.1 Å². The number of anilines is 1. The van der Waals surface area contributed by atoms with Crippen molar-refractivity contribution in [3.8, 4) is 5.75 Å². The lowest BCUT2D eigenvalue weighted by atomic mass is 10.0. The van der Waals surface area contributed by atoms with Crippen molar-refractivity contribution in [3.63, 3.8) is 0 Å². The standard InChI is InChI=1S/C22H29N3O5/c1-15-9-12-29-21(15)22(28)24-18-7-10-25(11-8-18)13-19(27)14-30-20-5-3-17(4-6-20)23-16(2)26/h3-6,9,12,18-19,27H,7-8,10-11,13-14H2,1-2H3,(H,23,26)(H,24,28). The number of nitrogens with one attached hydrogen (secondary N) is 2. The van der Waals surface area contributed by atoms with Crippen LogP contribution in [0.15, 0.2) is 41.0 Å². The summed E-state index contributed by atoms with van der Waals surface area (Å²) in [5, 5.41) is 16.0. The highest BCUT2D eigenvalue weighted by molar-refractivity contribution is 5.93. The number of carbonyl (C=O) groups is 2. The SMILES string of the molecule is CC(=O)Nc1ccc(OCC(O)CN2CCC(NC(=O)c3occc3C)CC2)cc1. The van der Waals surface area contributed by atoms with E-state index in [1.807, 2.05) is 6.92 Å². The third-order valence-corrected chi connectivity index (χ3v) is 5.08. The summed E-state index contributed by atoms with van der Waals surface area (Å²) in [7, 11) is 0. The topological polar surface area (TPSA) is 104 Å². The average Bonchev–Trinajstić information content (AvgIpc) is 3.14. The van der Waals surface area contributed by atoms with Gasteiger partial charge in [-0.3, -0.25) is 9.59 Å². The molecule has 1 aromatic heterocycles. The van der Waals surface area contributed by atoms with E-state index >= 15 is 0 Å². The highest BCUT2D eigenvalue weighted by Gasteiger charge is 2.24. The van der Waals surface area contributed by atoms with Gasteiger partial charge in [-0.2, -0.15) is 0 Å². The first-order chi connectivity index (χ1) is 14.4. The molecule has 2 amide bonds. The highest BCUT2D eigenvalue weighted by Crippen LogP contribution is 2.17. The molecule has 3 N–H and O–H groups in total. The van der Waals surface area contributed by atoms with Gasteiger partial charge < -0.3 is 29.8 Å². The number of aryl methyl sites for hydroxylation is 1. The Morgan fingerprint density at radius 3 is 2.53 bits per heavy atom. The van der Waals surface area contributed by atoms with Crippen LogP contribution in [0.5, 0.6) is 5.75 Å². The first kappa shape index (κ1) is 21.9. The molecule has 1 aromatic carbocycles. The van der Waals surface area contributed by atoms with Crippen LogP contribution in [0.4, 0.5) is 5.69 Å². The number of likely N-dealkylation sites (tertiary alicyclic amines) is 1. The van der Waals surface area contributed by atoms with Crippen molar-refractivity contribution < 1.29 is 23.8 Å². The van der Waals surface area contributed by atoms with Crippen molar-refractivity contribution >= 4 is 17.5 Å². The third-order valence-electron chi connectivity index (χ3n) is 5.08. The molecule has 1 aliphatic heterocycles. The summed E-state index contributed by atoms with van der Waals surface area (Å²) in [6, 6.07) is 8.91. The van der Waals surface area contributed by atoms with Crippen LogP contribution in [-0.2, 0) is 4.79 Å². The molecule has 8 nitrogen and oxygen atoms in total. The van der Waals surface area contributed by atoms with Crippen molar-refractivity contribution in [2.45, 2.75) is 38.8 Å². The van der Waals surface area contributed by atoms with E-state index in [9.17, 15) is 14.7 Å². The van der Waals surface area contributed by atoms with E-state index in [0.29, 0.717) is 23.7 Å². The molecular formula is C22H29N3O5. The van der Waals surface area contributed by atoms with Crippen molar-refractivity contribution in [2.24, 2.45) is 0 Å². The maximum Gasteiger partial charge on any atom is 0.287 e. The molecule has 1 atom stereocenters. The van der Waals surface area contributed by atoms with Crippen LogP contribution in [-0.4, -0.2) is 60.2 Å². The van der Waals surface area contributed by atoms with E-state index in [0.717, 1.165) is 31.5 Å². The van der Waals surface area contributed by atoms with Gasteiger partial charge in [0.2, 0.25) is 5.91 Å². The number of furan rings is 1. The number of piperidine rings is 1. The lowest BCUT2D eigenvalue weighted by Gasteiger charge is -2.33. The molecular weight excluding hydrogens is 386 g/mol. The summed E-state index contributed by atoms with van der Waals surface area (Å²) in [4.78, 5) is 25.5. The van der Waals surface area contributed by atoms with Crippen LogP contribution < -0.4 is 15.4 Å². The van der Waals surface area contributed by atoms with Crippen LogP contribution in [0.3, 0.4) is 0 Å². The summed E-state index contributed by atoms with van der Waals surface area (Å²) in [6.07, 6.45) is 2.55. The molecule has 162 valence electrons. The quantitative estimate of drug-likeness (QED) is 0.611. The fraction of sp³-hybridized carbons (Fsp3) is 0.455. The molecule has 2 aromatic rings. The Hall–Kier alpha value is -2.84. The number of nitrogens with zero attached hydrogens (tertiary/aromatic N) is 1. The Morgan fingerprint density at radius 2 is 1.93 bits per heavy atom. The van der Waals surface area contributed by atoms with Crippen molar-refractivity contribution in [1.82, 2.24) is 10.2 Å². The number of amides is 2. The number of aliphatic hydroxyl groups excluding tert-OH is 1. The van der Waals surface area contributed by atoms with Crippen molar-refractivity contribution in [1.29, 1.82) is 0 Å². The van der Waals surface area contributed by atoms with Crippen molar-refractivity contribution in [3.05, 3.63) is 47.9 Å². The van der Waals surface area contributed by atoms with Gasteiger partial charge in [0.1, 0.15) is 18.5 Å². The number of rotatable bonds is 8. The highest BCUT2D eigenvalue weighted by atomic mass is 16.5. The average molecular weight is 415 g/mol. The predicted molar refractivity (Wildman–Crippen MR) is 113 cm³/mol. The van der Waals surface area contributed by atoms with Gasteiger partial charge in [0.15, 0.2) is 5.76 Å². The lowest BCUT2D eigenvalue weighted by molar-refractivity contribution is -0.114. The number of aliphatic hydroxyl groups is 1. The van der Waals surface area contributed by atoms with E-state index < -0.39 is 6.10 Å². The second-order valence-electron chi connectivity index (χ2n) is 7.65. The second-order valence-corrected chi connectivity index (χ2v) is 7.65. The molecule has 3 rings (SSSR count). The second kappa shape index (κ2) is 10.3. The number of carbonyl (C=O) groups excluding carboxylic acids is 2. The Labute approximate surface area is 176 Å². The minimum atomic E-state index is -0.614. The molecule has 1 fully saturated rings. The van der Waals surface area contributed by atoms with E-state index in [-0.39, 0.29) is 24.5 Å². The molecule has 1 aliphatic rings. The predicted octanol–water partition coefficient (Wildman–Crippen LogP) is 2.18. The van der Waals surface area contributed by atoms with E-state index in [4.69, 9.17) is 9.15 Å². The zero-order valence-corrected chi connectivity index (χ0v) is 17.4. The van der Waals surface area contributed by atoms with Gasteiger partial charge in [0.05, 0.1) is 6.26 Å². The molecule has 0 spiro atoms. The molecule has 0 saturated carbocycles. The maximum absolute atomic E-state index is 12.3. The number of hydrogen-bond acceptors (Lipinski definition) is 6. The minimum absolute atomic E-state index is 0.105. The van der Waals surface area contributed by atoms with Gasteiger partial charge in [-0.25, -0.2) is 0 Å². The van der Waals surface area contributed by atoms with Crippen molar-refractivity contribution in [2.75, 3.05) is 31.6 Å². The molecule has 0 bridgehead atoms. The van der Waals surface area contributed by atoms with Crippen LogP contribution in [0.25, 0.3) is 0 Å². The molecule has 0 radical (unpaired) electrons. The summed E-state index contributed by atoms with van der Waals surface area (Å²) in [5.41, 5.74) is 1.53. The van der Waals surface area contributed by atoms with Gasteiger partial charge in [-0.1, -0.05) is 0 Å². The zero-order chi connectivity index (χ0) is 21.5. The molecule has 8 heteroatoms. The number of ether oxygens (including phenoxy) is 1. The largest absolute Gasteiger partial charge is 0.491 e. The Balaban J connectivity index is 1.36. The Morgan fingerprint density at radius 1 is 1.23 bits per heavy atom. The third kappa shape index (κ3) is 6.33. The Kier molecular flexibility index (Phi) is 7.48. The number of hydrogen-bond donors (Lipinski definition) is 3. The lowest BCUT2D eigenvalue weighted by Crippen LogP contribution is -2.47. The molecule has 1 unspecified atom stereocenters. The fourth-order valence-corrected chi connectivity index (χ4v) is 3.50. The molecule has 30 heavy (non-hydrogen) atoms. The maximum atomic E-state index is 12.3. The Bertz CT molecular complexity index is 841. The van der Waals surface area contributed by atoms with Gasteiger partial charge >= 0.3 is 0 Å². The van der Waals surface area contributed by atoms with Crippen LogP contribution in [0.2, 0.25) is 0 Å². The zero-order valence-electron chi connectivity index (χ0n) is 17.4. The number of β-amino-alcohol motifs (C(OH)–C–C–N with tert-alkyl or cyclic N) is 1. The summed E-state index contributed by atoms with van der Waals surface area (Å²) in [5.74, 6) is 0.709. The molecule has 0 aliphatic carbocycles. The molecule has 1 saturated heterocycles. The number of benzene rings is 1. The van der Waals surface area contributed by atoms with E-state index in [1.54, 1.807) is 30.3 Å². The van der Waals surface area contributed by atoms with Gasteiger partial charge in [-0.15, -0.1) is 0 Å². The van der Waals surface area contributed by atoms with Crippen LogP contribution in [0, 0.1) is 6.92 Å². The van der Waals surface area contributed by atoms with Gasteiger partial charge in [0.25, 0.3) is 5.91 Å². The minimum Gasteiger partial charge on any atom is -0.491 e. The molecule has 2 heterocycles. The van der Waals surface area contributed by atoms with Crippen LogP contribution >= 0.6 is 0 Å². The summed E-state index contributed by atoms with van der Waals surface area (Å²) < 4.78 is 10.9. The van der Waals surface area contributed by atoms with Crippen LogP contribution in [0.1, 0.15) is 35.9 Å². The first-order valence-electron chi connectivity index (χ1n) is 10.2. The van der Waals surface area contributed by atoms with E-state index in [2.05, 4.69) is 15.5 Å². The smallest absolute Gasteiger partial charge is 0.287 e. The normalized spacial score (nSPS) is 16.1. The summed E-state index contributed by atoms with van der Waals surface area (Å²) in [6.45, 7) is 5.60. The van der Waals surface area contributed by atoms with E-state index in [1.165, 1.54) is 13.2 Å². The van der Waals surface area contributed by atoms with Gasteiger partial charge in [0, 0.05) is 43.9 Å². The fourth-order valence-electron chi connectivity index (χ4n) is 3.50.